The van der Waals surface area contributed by atoms with Crippen molar-refractivity contribution in [1.29, 1.82) is 0 Å². The van der Waals surface area contributed by atoms with E-state index in [2.05, 4.69) is 25.9 Å². The Balaban J connectivity index is 2.33. The van der Waals surface area contributed by atoms with Gasteiger partial charge >= 0.3 is 0 Å². The number of halogens is 4. The minimum absolute atomic E-state index is 0.00193. The maximum atomic E-state index is 13.3. The molecule has 1 heterocycles. The fourth-order valence-electron chi connectivity index (χ4n) is 1.52. The number of rotatable bonds is 4. The summed E-state index contributed by atoms with van der Waals surface area (Å²) in [4.78, 5) is 7.83. The first kappa shape index (κ1) is 15.4. The van der Waals surface area contributed by atoms with Crippen molar-refractivity contribution in [2.24, 2.45) is 0 Å². The highest BCUT2D eigenvalue weighted by atomic mass is 127. The van der Waals surface area contributed by atoms with Crippen LogP contribution in [0.1, 0.15) is 11.7 Å². The maximum Gasteiger partial charge on any atom is 0.259 e. The van der Waals surface area contributed by atoms with E-state index in [1.165, 1.54) is 18.3 Å². The quantitative estimate of drug-likeness (QED) is 0.715. The summed E-state index contributed by atoms with van der Waals surface area (Å²) in [6.07, 6.45) is 0.405. The normalized spacial score (nSPS) is 12.2. The Morgan fingerprint density at radius 1 is 1.45 bits per heavy atom. The van der Waals surface area contributed by atoms with Crippen molar-refractivity contribution in [3.05, 3.63) is 43.9 Å². The zero-order chi connectivity index (χ0) is 14.7. The van der Waals surface area contributed by atoms with Crippen molar-refractivity contribution in [3.8, 4) is 5.88 Å². The Kier molecular flexibility index (Phi) is 5.08. The first-order valence-corrected chi connectivity index (χ1v) is 7.34. The van der Waals surface area contributed by atoms with Crippen molar-refractivity contribution < 1.29 is 13.5 Å². The van der Waals surface area contributed by atoms with Crippen LogP contribution in [0.5, 0.6) is 5.88 Å². The molecule has 4 nitrogen and oxygen atoms in total. The number of aromatic nitrogens is 2. The van der Waals surface area contributed by atoms with Crippen LogP contribution in [0.15, 0.2) is 29.0 Å². The van der Waals surface area contributed by atoms with Gasteiger partial charge in [0.2, 0.25) is 0 Å². The van der Waals surface area contributed by atoms with E-state index in [0.29, 0.717) is 13.7 Å². The molecule has 20 heavy (non-hydrogen) atoms. The van der Waals surface area contributed by atoms with Crippen LogP contribution in [0, 0.1) is 9.39 Å². The molecular weight excluding hydrogens is 447 g/mol. The molecule has 0 spiro atoms. The summed E-state index contributed by atoms with van der Waals surface area (Å²) < 4.78 is 33.0. The molecule has 2 aromatic rings. The Labute approximate surface area is 136 Å². The molecule has 8 heteroatoms. The summed E-state index contributed by atoms with van der Waals surface area (Å²) in [6, 6.07) is 4.08. The van der Waals surface area contributed by atoms with E-state index in [0.717, 1.165) is 0 Å². The number of anilines is 1. The lowest BCUT2D eigenvalue weighted by Crippen LogP contribution is -2.14. The molecule has 0 aliphatic rings. The van der Waals surface area contributed by atoms with Crippen LogP contribution in [0.3, 0.4) is 0 Å². The first-order chi connectivity index (χ1) is 9.51. The molecule has 1 unspecified atom stereocenters. The van der Waals surface area contributed by atoms with Gasteiger partial charge in [0.15, 0.2) is 11.9 Å². The summed E-state index contributed by atoms with van der Waals surface area (Å²) in [7, 11) is 0. The standard InChI is InChI=1S/C12H9BrF2IN3O/c13-10-5-18-11(17)12(19-10)20-9(4-14)7-3-6(15)1-2-8(7)16/h1-3,5,9H,4H2,(H2,17,18). The maximum absolute atomic E-state index is 13.3. The minimum atomic E-state index is -0.997. The van der Waals surface area contributed by atoms with Gasteiger partial charge in [0.25, 0.3) is 5.88 Å². The van der Waals surface area contributed by atoms with Gasteiger partial charge in [-0.05, 0) is 56.7 Å². The summed E-state index contributed by atoms with van der Waals surface area (Å²) in [6.45, 7) is -0.840. The smallest absolute Gasteiger partial charge is 0.259 e. The number of nitrogen functional groups attached to an aromatic ring is 1. The molecule has 0 aliphatic carbocycles. The SMILES string of the molecule is Nc1ncc(Br)nc1OC(CF)c1cc(F)ccc1I. The second-order valence-electron chi connectivity index (χ2n) is 3.81. The Morgan fingerprint density at radius 2 is 2.20 bits per heavy atom. The summed E-state index contributed by atoms with van der Waals surface area (Å²) in [5.41, 5.74) is 6.02. The third kappa shape index (κ3) is 3.54. The largest absolute Gasteiger partial charge is 0.464 e. The number of alkyl halides is 1. The Hall–Kier alpha value is -1.03. The van der Waals surface area contributed by atoms with Crippen LogP contribution in [0.25, 0.3) is 0 Å². The summed E-state index contributed by atoms with van der Waals surface area (Å²) in [5.74, 6) is -0.420. The number of hydrogen-bond donors (Lipinski definition) is 1. The van der Waals surface area contributed by atoms with Crippen molar-refractivity contribution in [1.82, 2.24) is 9.97 Å². The summed E-state index contributed by atoms with van der Waals surface area (Å²) >= 11 is 5.11. The van der Waals surface area contributed by atoms with Gasteiger partial charge in [-0.3, -0.25) is 0 Å². The average molecular weight is 456 g/mol. The molecule has 0 radical (unpaired) electrons. The monoisotopic (exact) mass is 455 g/mol. The highest BCUT2D eigenvalue weighted by molar-refractivity contribution is 14.1. The van der Waals surface area contributed by atoms with E-state index in [1.54, 1.807) is 6.07 Å². The second-order valence-corrected chi connectivity index (χ2v) is 5.78. The molecule has 0 aliphatic heterocycles. The van der Waals surface area contributed by atoms with Crippen LogP contribution < -0.4 is 10.5 Å². The lowest BCUT2D eigenvalue weighted by molar-refractivity contribution is 0.159. The van der Waals surface area contributed by atoms with E-state index in [9.17, 15) is 8.78 Å². The van der Waals surface area contributed by atoms with E-state index in [-0.39, 0.29) is 11.7 Å². The molecule has 1 atom stereocenters. The molecule has 2 N–H and O–H groups in total. The third-order valence-electron chi connectivity index (χ3n) is 2.44. The topological polar surface area (TPSA) is 61.0 Å². The van der Waals surface area contributed by atoms with Crippen LogP contribution in [0.2, 0.25) is 0 Å². The zero-order valence-electron chi connectivity index (χ0n) is 9.99. The molecule has 0 saturated heterocycles. The predicted molar refractivity (Wildman–Crippen MR) is 82.6 cm³/mol. The number of nitrogens with two attached hydrogens (primary N) is 1. The minimum Gasteiger partial charge on any atom is -0.464 e. The average Bonchev–Trinajstić information content (AvgIpc) is 2.42. The molecular formula is C12H9BrF2IN3O. The number of nitrogens with zero attached hydrogens (tertiary/aromatic N) is 2. The molecule has 0 amide bonds. The predicted octanol–water partition coefficient (Wildman–Crippen LogP) is 3.65. The molecule has 1 aromatic carbocycles. The third-order valence-corrected chi connectivity index (χ3v) is 3.80. The number of benzene rings is 1. The van der Waals surface area contributed by atoms with Gasteiger partial charge in [-0.2, -0.15) is 0 Å². The molecule has 0 saturated carbocycles. The van der Waals surface area contributed by atoms with Gasteiger partial charge in [-0.15, -0.1) is 0 Å². The highest BCUT2D eigenvalue weighted by Crippen LogP contribution is 2.28. The van der Waals surface area contributed by atoms with Crippen molar-refractivity contribution in [3.63, 3.8) is 0 Å². The van der Waals surface area contributed by atoms with E-state index in [1.807, 2.05) is 22.6 Å². The van der Waals surface area contributed by atoms with Gasteiger partial charge < -0.3 is 10.5 Å². The van der Waals surface area contributed by atoms with Gasteiger partial charge in [0.1, 0.15) is 17.1 Å². The van der Waals surface area contributed by atoms with E-state index < -0.39 is 18.6 Å². The van der Waals surface area contributed by atoms with Crippen LogP contribution >= 0.6 is 38.5 Å². The van der Waals surface area contributed by atoms with Crippen molar-refractivity contribution in [2.45, 2.75) is 6.10 Å². The van der Waals surface area contributed by atoms with Crippen LogP contribution in [0.4, 0.5) is 14.6 Å². The first-order valence-electron chi connectivity index (χ1n) is 5.47. The van der Waals surface area contributed by atoms with E-state index >= 15 is 0 Å². The van der Waals surface area contributed by atoms with Crippen molar-refractivity contribution >= 4 is 44.3 Å². The van der Waals surface area contributed by atoms with Gasteiger partial charge in [0.05, 0.1) is 6.20 Å². The Bertz CT molecular complexity index is 630. The van der Waals surface area contributed by atoms with Crippen LogP contribution in [-0.2, 0) is 0 Å². The van der Waals surface area contributed by atoms with E-state index in [4.69, 9.17) is 10.5 Å². The lowest BCUT2D eigenvalue weighted by Gasteiger charge is -2.17. The lowest BCUT2D eigenvalue weighted by atomic mass is 10.1. The highest BCUT2D eigenvalue weighted by Gasteiger charge is 2.19. The Morgan fingerprint density at radius 3 is 2.90 bits per heavy atom. The zero-order valence-corrected chi connectivity index (χ0v) is 13.7. The molecule has 2 rings (SSSR count). The second kappa shape index (κ2) is 6.61. The fourth-order valence-corrected chi connectivity index (χ4v) is 2.47. The van der Waals surface area contributed by atoms with Gasteiger partial charge in [-0.25, -0.2) is 18.7 Å². The van der Waals surface area contributed by atoms with Gasteiger partial charge in [0, 0.05) is 9.13 Å². The number of hydrogen-bond acceptors (Lipinski definition) is 4. The summed E-state index contributed by atoms with van der Waals surface area (Å²) in [5, 5.41) is 0. The molecule has 0 fully saturated rings. The molecule has 0 bridgehead atoms. The molecule has 106 valence electrons. The molecule has 1 aromatic heterocycles. The number of ether oxygens (including phenoxy) is 1. The van der Waals surface area contributed by atoms with Crippen LogP contribution in [-0.4, -0.2) is 16.6 Å². The van der Waals surface area contributed by atoms with Gasteiger partial charge in [-0.1, -0.05) is 0 Å². The van der Waals surface area contributed by atoms with Crippen molar-refractivity contribution in [2.75, 3.05) is 12.4 Å². The fraction of sp³-hybridized carbons (Fsp3) is 0.167.